The molecule has 13 heteroatoms. The number of nitrogens with one attached hydrogen (secondary N) is 3. The van der Waals surface area contributed by atoms with Crippen molar-refractivity contribution in [3.8, 4) is 5.75 Å². The maximum atomic E-state index is 15.2. The lowest BCUT2D eigenvalue weighted by Gasteiger charge is -2.32. The minimum Gasteiger partial charge on any atom is -0.495 e. The van der Waals surface area contributed by atoms with E-state index in [0.717, 1.165) is 51.4 Å². The fraction of sp³-hybridized carbons (Fsp3) is 0.586. The monoisotopic (exact) mass is 594 g/mol. The topological polar surface area (TPSA) is 108 Å². The number of likely N-dealkylation sites (tertiary alicyclic amines) is 1. The summed E-state index contributed by atoms with van der Waals surface area (Å²) in [6.45, 7) is 6.09. The summed E-state index contributed by atoms with van der Waals surface area (Å²) in [4.78, 5) is 34.9. The first-order chi connectivity index (χ1) is 20.0. The number of hydrogen-bond donors (Lipinski definition) is 3. The molecule has 4 rings (SSSR count). The van der Waals surface area contributed by atoms with Crippen LogP contribution in [-0.2, 0) is 17.4 Å². The molecule has 1 aliphatic heterocycles. The number of halogens is 4. The minimum atomic E-state index is -4.68. The predicted molar refractivity (Wildman–Crippen MR) is 149 cm³/mol. The molecule has 1 saturated heterocycles. The van der Waals surface area contributed by atoms with Crippen LogP contribution < -0.4 is 20.7 Å². The number of aromatic nitrogens is 2. The molecular formula is C29H38F4N6O3. The first-order valence-electron chi connectivity index (χ1n) is 14.4. The zero-order valence-electron chi connectivity index (χ0n) is 24.1. The van der Waals surface area contributed by atoms with Gasteiger partial charge in [0.15, 0.2) is 0 Å². The molecule has 3 N–H and O–H groups in total. The van der Waals surface area contributed by atoms with E-state index in [2.05, 4.69) is 37.7 Å². The standard InChI is InChI=1S/C29H38F4N6O3/c1-4-39-11-9-19(10-12-39)36-27(41)20-14-26(42-3)25(15-22(20)30)38-28-34-16-21(29(31,32)33)24(37-28)13-18-7-5-6-8-23(18)35-17(2)40/h14-16,18-19,23H,4-13H2,1-3H3,(H,35,40)(H,36,41)(H,34,37,38)/t18-,23+/m0/s1. The summed E-state index contributed by atoms with van der Waals surface area (Å²) < 4.78 is 62.2. The number of amides is 2. The molecular weight excluding hydrogens is 556 g/mol. The Kier molecular flexibility index (Phi) is 10.2. The van der Waals surface area contributed by atoms with Gasteiger partial charge in [0.05, 0.1) is 29.6 Å². The van der Waals surface area contributed by atoms with E-state index in [-0.39, 0.29) is 59.0 Å². The number of nitrogens with zero attached hydrogens (tertiary/aromatic N) is 3. The third-order valence-electron chi connectivity index (χ3n) is 8.08. The fourth-order valence-electron chi connectivity index (χ4n) is 5.79. The highest BCUT2D eigenvalue weighted by molar-refractivity contribution is 5.96. The molecule has 9 nitrogen and oxygen atoms in total. The molecule has 1 aromatic carbocycles. The van der Waals surface area contributed by atoms with Crippen LogP contribution in [0.2, 0.25) is 0 Å². The van der Waals surface area contributed by atoms with Crippen LogP contribution in [0.1, 0.15) is 74.0 Å². The smallest absolute Gasteiger partial charge is 0.419 e. The van der Waals surface area contributed by atoms with Crippen LogP contribution in [0.15, 0.2) is 18.3 Å². The highest BCUT2D eigenvalue weighted by atomic mass is 19.4. The second-order valence-corrected chi connectivity index (χ2v) is 10.9. The first-order valence-corrected chi connectivity index (χ1v) is 14.4. The molecule has 2 heterocycles. The molecule has 2 aliphatic rings. The van der Waals surface area contributed by atoms with Gasteiger partial charge in [-0.05, 0) is 50.6 Å². The van der Waals surface area contributed by atoms with Crippen molar-refractivity contribution in [1.82, 2.24) is 25.5 Å². The number of ether oxygens (including phenoxy) is 1. The van der Waals surface area contributed by atoms with Crippen LogP contribution in [0, 0.1) is 11.7 Å². The van der Waals surface area contributed by atoms with E-state index >= 15 is 4.39 Å². The molecule has 2 aromatic rings. The number of benzene rings is 1. The zero-order valence-corrected chi connectivity index (χ0v) is 24.1. The Labute approximate surface area is 242 Å². The number of methoxy groups -OCH3 is 1. The maximum Gasteiger partial charge on any atom is 0.419 e. The van der Waals surface area contributed by atoms with Crippen molar-refractivity contribution in [3.63, 3.8) is 0 Å². The molecule has 2 amide bonds. The van der Waals surface area contributed by atoms with Crippen LogP contribution >= 0.6 is 0 Å². The van der Waals surface area contributed by atoms with Crippen LogP contribution in [0.25, 0.3) is 0 Å². The molecule has 2 fully saturated rings. The zero-order chi connectivity index (χ0) is 30.4. The Morgan fingerprint density at radius 2 is 1.81 bits per heavy atom. The Balaban J connectivity index is 1.55. The summed E-state index contributed by atoms with van der Waals surface area (Å²) >= 11 is 0. The normalized spacial score (nSPS) is 20.2. The molecule has 42 heavy (non-hydrogen) atoms. The average Bonchev–Trinajstić information content (AvgIpc) is 2.94. The van der Waals surface area contributed by atoms with Crippen molar-refractivity contribution in [2.45, 2.75) is 77.1 Å². The Hall–Kier alpha value is -3.48. The number of piperidine rings is 1. The van der Waals surface area contributed by atoms with Gasteiger partial charge in [0.2, 0.25) is 11.9 Å². The van der Waals surface area contributed by atoms with Crippen molar-refractivity contribution in [1.29, 1.82) is 0 Å². The van der Waals surface area contributed by atoms with Crippen LogP contribution in [0.3, 0.4) is 0 Å². The van der Waals surface area contributed by atoms with E-state index in [0.29, 0.717) is 19.0 Å². The number of rotatable bonds is 9. The lowest BCUT2D eigenvalue weighted by atomic mass is 9.81. The molecule has 0 spiro atoms. The molecule has 0 bridgehead atoms. The summed E-state index contributed by atoms with van der Waals surface area (Å²) in [5.41, 5.74) is -1.32. The van der Waals surface area contributed by atoms with Crippen LogP contribution in [0.4, 0.5) is 29.2 Å². The number of alkyl halides is 3. The summed E-state index contributed by atoms with van der Waals surface area (Å²) in [6, 6.07) is 1.97. The van der Waals surface area contributed by atoms with Gasteiger partial charge in [0.1, 0.15) is 11.6 Å². The van der Waals surface area contributed by atoms with Gasteiger partial charge >= 0.3 is 6.18 Å². The highest BCUT2D eigenvalue weighted by Crippen LogP contribution is 2.36. The van der Waals surface area contributed by atoms with Gasteiger partial charge < -0.3 is 25.6 Å². The Morgan fingerprint density at radius 3 is 2.45 bits per heavy atom. The second kappa shape index (κ2) is 13.7. The SMILES string of the molecule is CCN1CCC(NC(=O)c2cc(OC)c(Nc3ncc(C(F)(F)F)c(C[C@@H]4CCCC[C@H]4NC(C)=O)n3)cc2F)CC1. The molecule has 0 unspecified atom stereocenters. The van der Waals surface area contributed by atoms with Gasteiger partial charge in [-0.3, -0.25) is 9.59 Å². The molecule has 1 aliphatic carbocycles. The number of carbonyl (C=O) groups excluding carboxylic acids is 2. The minimum absolute atomic E-state index is 0.0151. The van der Waals surface area contributed by atoms with E-state index in [4.69, 9.17) is 4.74 Å². The van der Waals surface area contributed by atoms with Gasteiger partial charge in [0.25, 0.3) is 5.91 Å². The number of carbonyl (C=O) groups is 2. The highest BCUT2D eigenvalue weighted by Gasteiger charge is 2.37. The van der Waals surface area contributed by atoms with Gasteiger partial charge in [-0.1, -0.05) is 19.8 Å². The fourth-order valence-corrected chi connectivity index (χ4v) is 5.79. The van der Waals surface area contributed by atoms with Crippen molar-refractivity contribution in [2.75, 3.05) is 32.1 Å². The summed E-state index contributed by atoms with van der Waals surface area (Å²) in [7, 11) is 1.34. The number of anilines is 2. The first kappa shape index (κ1) is 31.5. The quantitative estimate of drug-likeness (QED) is 0.357. The van der Waals surface area contributed by atoms with Gasteiger partial charge in [0, 0.05) is 44.4 Å². The summed E-state index contributed by atoms with van der Waals surface area (Å²) in [6.07, 6.45) is 0.571. The van der Waals surface area contributed by atoms with Gasteiger partial charge in [-0.2, -0.15) is 13.2 Å². The lowest BCUT2D eigenvalue weighted by molar-refractivity contribution is -0.139. The van der Waals surface area contributed by atoms with Crippen molar-refractivity contribution < 1.29 is 31.9 Å². The summed E-state index contributed by atoms with van der Waals surface area (Å²) in [5.74, 6) is -1.93. The van der Waals surface area contributed by atoms with Gasteiger partial charge in [-0.25, -0.2) is 14.4 Å². The van der Waals surface area contributed by atoms with E-state index in [1.54, 1.807) is 0 Å². The third-order valence-corrected chi connectivity index (χ3v) is 8.08. The largest absolute Gasteiger partial charge is 0.495 e. The third kappa shape index (κ3) is 7.87. The molecule has 1 saturated carbocycles. The van der Waals surface area contributed by atoms with Crippen molar-refractivity contribution >= 4 is 23.5 Å². The van der Waals surface area contributed by atoms with Gasteiger partial charge in [-0.15, -0.1) is 0 Å². The van der Waals surface area contributed by atoms with Crippen molar-refractivity contribution in [2.24, 2.45) is 5.92 Å². The van der Waals surface area contributed by atoms with E-state index < -0.39 is 23.5 Å². The molecule has 0 radical (unpaired) electrons. The van der Waals surface area contributed by atoms with Crippen LogP contribution in [0.5, 0.6) is 5.75 Å². The lowest BCUT2D eigenvalue weighted by Crippen LogP contribution is -2.44. The van der Waals surface area contributed by atoms with Crippen molar-refractivity contribution in [3.05, 3.63) is 41.0 Å². The van der Waals surface area contributed by atoms with E-state index in [9.17, 15) is 22.8 Å². The molecule has 230 valence electrons. The Bertz CT molecular complexity index is 1270. The maximum absolute atomic E-state index is 15.2. The van der Waals surface area contributed by atoms with E-state index in [1.165, 1.54) is 20.1 Å². The summed E-state index contributed by atoms with van der Waals surface area (Å²) in [5, 5.41) is 8.50. The average molecular weight is 595 g/mol. The van der Waals surface area contributed by atoms with E-state index in [1.807, 2.05) is 0 Å². The Morgan fingerprint density at radius 1 is 1.10 bits per heavy atom. The second-order valence-electron chi connectivity index (χ2n) is 10.9. The predicted octanol–water partition coefficient (Wildman–Crippen LogP) is 4.84. The molecule has 2 atom stereocenters. The number of hydrogen-bond acceptors (Lipinski definition) is 7. The molecule has 1 aromatic heterocycles. The van der Waals surface area contributed by atoms with Crippen LogP contribution in [-0.4, -0.2) is 65.5 Å².